The maximum Gasteiger partial charge on any atom is 0.257 e. The van der Waals surface area contributed by atoms with Gasteiger partial charge in [-0.2, -0.15) is 0 Å². The van der Waals surface area contributed by atoms with Crippen LogP contribution in [0.3, 0.4) is 0 Å². The number of carbonyl (C=O) groups excluding carboxylic acids is 1. The molecule has 0 aliphatic rings. The molecule has 4 nitrogen and oxygen atoms in total. The Hall–Kier alpha value is -2.33. The first-order chi connectivity index (χ1) is 10.2. The van der Waals surface area contributed by atoms with Crippen LogP contribution in [0.2, 0.25) is 0 Å². The van der Waals surface area contributed by atoms with E-state index < -0.39 is 0 Å². The summed E-state index contributed by atoms with van der Waals surface area (Å²) in [5.74, 6) is -0.147. The van der Waals surface area contributed by atoms with Crippen LogP contribution in [0.15, 0.2) is 48.5 Å². The lowest BCUT2D eigenvalue weighted by Crippen LogP contribution is -2.15. The number of para-hydroxylation sites is 1. The van der Waals surface area contributed by atoms with Crippen LogP contribution in [0.4, 0.5) is 11.4 Å². The van der Waals surface area contributed by atoms with Crippen molar-refractivity contribution in [3.63, 3.8) is 0 Å². The number of aliphatic hydroxyl groups is 1. The smallest absolute Gasteiger partial charge is 0.257 e. The third-order valence-corrected chi connectivity index (χ3v) is 3.13. The summed E-state index contributed by atoms with van der Waals surface area (Å²) in [6.07, 6.45) is 0.999. The SMILES string of the molecule is CCCNc1ccccc1C(=O)Nc1ccc(CO)cc1. The number of hydrogen-bond donors (Lipinski definition) is 3. The second-order valence-corrected chi connectivity index (χ2v) is 4.78. The summed E-state index contributed by atoms with van der Waals surface area (Å²) in [4.78, 5) is 12.4. The molecule has 0 fully saturated rings. The fraction of sp³-hybridized carbons (Fsp3) is 0.235. The summed E-state index contributed by atoms with van der Waals surface area (Å²) in [6.45, 7) is 2.91. The Morgan fingerprint density at radius 3 is 2.48 bits per heavy atom. The first kappa shape index (κ1) is 15.1. The normalized spacial score (nSPS) is 10.2. The zero-order valence-corrected chi connectivity index (χ0v) is 12.1. The van der Waals surface area contributed by atoms with Crippen molar-refractivity contribution < 1.29 is 9.90 Å². The monoisotopic (exact) mass is 284 g/mol. The highest BCUT2D eigenvalue weighted by atomic mass is 16.3. The second-order valence-electron chi connectivity index (χ2n) is 4.78. The molecule has 2 rings (SSSR count). The van der Waals surface area contributed by atoms with E-state index in [1.54, 1.807) is 30.3 Å². The van der Waals surface area contributed by atoms with Crippen molar-refractivity contribution in [3.05, 3.63) is 59.7 Å². The summed E-state index contributed by atoms with van der Waals surface area (Å²) in [5, 5.41) is 15.1. The fourth-order valence-electron chi connectivity index (χ4n) is 1.99. The predicted octanol–water partition coefficient (Wildman–Crippen LogP) is 3.25. The minimum atomic E-state index is -0.147. The molecule has 21 heavy (non-hydrogen) atoms. The second kappa shape index (κ2) is 7.45. The minimum absolute atomic E-state index is 0.00199. The quantitative estimate of drug-likeness (QED) is 0.763. The number of rotatable bonds is 6. The number of amides is 1. The van der Waals surface area contributed by atoms with Gasteiger partial charge in [0.15, 0.2) is 0 Å². The molecule has 0 aliphatic carbocycles. The van der Waals surface area contributed by atoms with Crippen molar-refractivity contribution >= 4 is 17.3 Å². The van der Waals surface area contributed by atoms with Crippen LogP contribution >= 0.6 is 0 Å². The highest BCUT2D eigenvalue weighted by Crippen LogP contribution is 2.17. The van der Waals surface area contributed by atoms with E-state index in [4.69, 9.17) is 5.11 Å². The number of aliphatic hydroxyl groups excluding tert-OH is 1. The van der Waals surface area contributed by atoms with Crippen molar-refractivity contribution in [3.8, 4) is 0 Å². The van der Waals surface area contributed by atoms with Crippen LogP contribution < -0.4 is 10.6 Å². The third kappa shape index (κ3) is 4.07. The lowest BCUT2D eigenvalue weighted by atomic mass is 10.1. The summed E-state index contributed by atoms with van der Waals surface area (Å²) >= 11 is 0. The van der Waals surface area contributed by atoms with Gasteiger partial charge in [-0.15, -0.1) is 0 Å². The third-order valence-electron chi connectivity index (χ3n) is 3.13. The first-order valence-corrected chi connectivity index (χ1v) is 7.08. The van der Waals surface area contributed by atoms with E-state index in [0.29, 0.717) is 11.3 Å². The molecule has 0 heterocycles. The maximum absolute atomic E-state index is 12.4. The Morgan fingerprint density at radius 1 is 1.10 bits per heavy atom. The summed E-state index contributed by atoms with van der Waals surface area (Å²) < 4.78 is 0. The number of benzene rings is 2. The maximum atomic E-state index is 12.4. The molecule has 0 radical (unpaired) electrons. The van der Waals surface area contributed by atoms with Crippen LogP contribution in [0.1, 0.15) is 29.3 Å². The topological polar surface area (TPSA) is 61.4 Å². The summed E-state index contributed by atoms with van der Waals surface area (Å²) in [6, 6.07) is 14.6. The van der Waals surface area contributed by atoms with E-state index in [2.05, 4.69) is 17.6 Å². The molecule has 110 valence electrons. The number of carbonyl (C=O) groups is 1. The lowest BCUT2D eigenvalue weighted by molar-refractivity contribution is 0.102. The Kier molecular flexibility index (Phi) is 5.35. The molecule has 4 heteroatoms. The van der Waals surface area contributed by atoms with Crippen LogP contribution in [-0.4, -0.2) is 17.6 Å². The standard InChI is InChI=1S/C17H20N2O2/c1-2-11-18-16-6-4-3-5-15(16)17(21)19-14-9-7-13(12-20)8-10-14/h3-10,18,20H,2,11-12H2,1H3,(H,19,21). The Bertz CT molecular complexity index is 594. The van der Waals surface area contributed by atoms with Gasteiger partial charge in [-0.25, -0.2) is 0 Å². The zero-order chi connectivity index (χ0) is 15.1. The van der Waals surface area contributed by atoms with Crippen LogP contribution in [0.5, 0.6) is 0 Å². The van der Waals surface area contributed by atoms with Crippen molar-refractivity contribution in [2.45, 2.75) is 20.0 Å². The molecule has 0 saturated carbocycles. The summed E-state index contributed by atoms with van der Waals surface area (Å²) in [5.41, 5.74) is 2.99. The average molecular weight is 284 g/mol. The molecular weight excluding hydrogens is 264 g/mol. The Balaban J connectivity index is 2.12. The van der Waals surface area contributed by atoms with Gasteiger partial charge in [0, 0.05) is 17.9 Å². The van der Waals surface area contributed by atoms with E-state index in [-0.39, 0.29) is 12.5 Å². The van der Waals surface area contributed by atoms with Gasteiger partial charge in [0.1, 0.15) is 0 Å². The molecule has 2 aromatic carbocycles. The molecule has 0 atom stereocenters. The molecule has 1 amide bonds. The highest BCUT2D eigenvalue weighted by molar-refractivity contribution is 6.08. The highest BCUT2D eigenvalue weighted by Gasteiger charge is 2.10. The van der Waals surface area contributed by atoms with E-state index in [9.17, 15) is 4.79 Å². The predicted molar refractivity (Wildman–Crippen MR) is 85.5 cm³/mol. The van der Waals surface area contributed by atoms with Gasteiger partial charge in [0.25, 0.3) is 5.91 Å². The average Bonchev–Trinajstić information content (AvgIpc) is 2.54. The van der Waals surface area contributed by atoms with Crippen LogP contribution in [-0.2, 0) is 6.61 Å². The van der Waals surface area contributed by atoms with E-state index in [1.807, 2.05) is 18.2 Å². The van der Waals surface area contributed by atoms with E-state index in [0.717, 1.165) is 24.2 Å². The van der Waals surface area contributed by atoms with Gasteiger partial charge in [-0.3, -0.25) is 4.79 Å². The van der Waals surface area contributed by atoms with Crippen molar-refractivity contribution in [1.29, 1.82) is 0 Å². The molecule has 2 aromatic rings. The van der Waals surface area contributed by atoms with Gasteiger partial charge in [0.05, 0.1) is 12.2 Å². The van der Waals surface area contributed by atoms with E-state index >= 15 is 0 Å². The molecule has 0 bridgehead atoms. The van der Waals surface area contributed by atoms with Crippen molar-refractivity contribution in [2.75, 3.05) is 17.2 Å². The fourth-order valence-corrected chi connectivity index (χ4v) is 1.99. The minimum Gasteiger partial charge on any atom is -0.392 e. The van der Waals surface area contributed by atoms with Gasteiger partial charge < -0.3 is 15.7 Å². The van der Waals surface area contributed by atoms with Crippen LogP contribution in [0.25, 0.3) is 0 Å². The Morgan fingerprint density at radius 2 is 1.81 bits per heavy atom. The van der Waals surface area contributed by atoms with E-state index in [1.165, 1.54) is 0 Å². The molecule has 0 unspecified atom stereocenters. The number of nitrogens with one attached hydrogen (secondary N) is 2. The molecule has 0 aliphatic heterocycles. The molecule has 3 N–H and O–H groups in total. The van der Waals surface area contributed by atoms with Gasteiger partial charge in [-0.1, -0.05) is 31.2 Å². The van der Waals surface area contributed by atoms with Crippen LogP contribution in [0, 0.1) is 0 Å². The van der Waals surface area contributed by atoms with Gasteiger partial charge in [-0.05, 0) is 36.2 Å². The molecule has 0 spiro atoms. The summed E-state index contributed by atoms with van der Waals surface area (Å²) in [7, 11) is 0. The number of hydrogen-bond acceptors (Lipinski definition) is 3. The molecule has 0 saturated heterocycles. The molecule has 0 aromatic heterocycles. The zero-order valence-electron chi connectivity index (χ0n) is 12.1. The largest absolute Gasteiger partial charge is 0.392 e. The number of anilines is 2. The first-order valence-electron chi connectivity index (χ1n) is 7.08. The van der Waals surface area contributed by atoms with Crippen molar-refractivity contribution in [2.24, 2.45) is 0 Å². The van der Waals surface area contributed by atoms with Crippen molar-refractivity contribution in [1.82, 2.24) is 0 Å². The molecular formula is C17H20N2O2. The Labute approximate surface area is 124 Å². The van der Waals surface area contributed by atoms with Gasteiger partial charge >= 0.3 is 0 Å². The van der Waals surface area contributed by atoms with Gasteiger partial charge in [0.2, 0.25) is 0 Å². The lowest BCUT2D eigenvalue weighted by Gasteiger charge is -2.11.